The third kappa shape index (κ3) is 6.76. The van der Waals surface area contributed by atoms with E-state index in [9.17, 15) is 18.0 Å². The molecule has 0 bridgehead atoms. The summed E-state index contributed by atoms with van der Waals surface area (Å²) in [6, 6.07) is 11.6. The van der Waals surface area contributed by atoms with Crippen molar-refractivity contribution in [2.24, 2.45) is 5.92 Å². The molecule has 2 aromatic heterocycles. The minimum absolute atomic E-state index is 0.152. The highest BCUT2D eigenvalue weighted by Gasteiger charge is 2.30. The van der Waals surface area contributed by atoms with Gasteiger partial charge in [-0.05, 0) is 49.6 Å². The van der Waals surface area contributed by atoms with Gasteiger partial charge in [-0.1, -0.05) is 38.5 Å². The van der Waals surface area contributed by atoms with Gasteiger partial charge in [-0.3, -0.25) is 9.69 Å². The molecule has 41 heavy (non-hydrogen) atoms. The van der Waals surface area contributed by atoms with E-state index in [2.05, 4.69) is 44.0 Å². The molecular formula is C29H32F3N7O2. The molecule has 0 radical (unpaired) electrons. The fourth-order valence-corrected chi connectivity index (χ4v) is 5.03. The van der Waals surface area contributed by atoms with Gasteiger partial charge in [0, 0.05) is 30.8 Å². The highest BCUT2D eigenvalue weighted by Crippen LogP contribution is 2.33. The number of nitrogen functional groups attached to an aromatic ring is 1. The molecule has 5 rings (SSSR count). The standard InChI is InChI=1S/C29H32F3N7O2/c1-17(2)16-39-13-4-3-6-20(39)15-34-28-36-22(18-9-11-19(12-10-18)29(30,31)32)14-24(37-28)41-23-8-5-7-21-25(23)38-26(33)27(40)35-21/h5,7-12,14,17,20H,3-4,6,13,15-16H2,1-2H3,(H2,33,38)(H,35,40)(H,34,36,37). The van der Waals surface area contributed by atoms with Crippen molar-refractivity contribution in [2.45, 2.75) is 45.3 Å². The van der Waals surface area contributed by atoms with Gasteiger partial charge in [0.05, 0.1) is 16.8 Å². The first-order chi connectivity index (χ1) is 19.6. The van der Waals surface area contributed by atoms with Gasteiger partial charge in [-0.25, -0.2) is 9.97 Å². The van der Waals surface area contributed by atoms with Crippen molar-refractivity contribution in [1.29, 1.82) is 0 Å². The molecule has 12 heteroatoms. The molecule has 1 saturated heterocycles. The molecule has 216 valence electrons. The number of nitrogens with one attached hydrogen (secondary N) is 2. The highest BCUT2D eigenvalue weighted by atomic mass is 19.4. The number of benzene rings is 2. The third-order valence-electron chi connectivity index (χ3n) is 6.98. The minimum atomic E-state index is -4.45. The number of para-hydroxylation sites is 1. The molecule has 0 saturated carbocycles. The number of rotatable bonds is 8. The number of ether oxygens (including phenoxy) is 1. The van der Waals surface area contributed by atoms with Gasteiger partial charge >= 0.3 is 6.18 Å². The predicted molar refractivity (Wildman–Crippen MR) is 152 cm³/mol. The summed E-state index contributed by atoms with van der Waals surface area (Å²) in [5.41, 5.74) is 6.09. The van der Waals surface area contributed by atoms with Crippen LogP contribution in [0.3, 0.4) is 0 Å². The van der Waals surface area contributed by atoms with Crippen molar-refractivity contribution < 1.29 is 17.9 Å². The number of alkyl halides is 3. The molecule has 1 fully saturated rings. The highest BCUT2D eigenvalue weighted by molar-refractivity contribution is 5.82. The van der Waals surface area contributed by atoms with E-state index in [1.54, 1.807) is 24.3 Å². The average Bonchev–Trinajstić information content (AvgIpc) is 2.93. The summed E-state index contributed by atoms with van der Waals surface area (Å²) in [5, 5.41) is 3.34. The molecule has 0 spiro atoms. The average molecular weight is 568 g/mol. The van der Waals surface area contributed by atoms with Crippen molar-refractivity contribution in [3.8, 4) is 22.9 Å². The number of hydrogen-bond acceptors (Lipinski definition) is 8. The van der Waals surface area contributed by atoms with E-state index in [0.717, 1.165) is 44.5 Å². The van der Waals surface area contributed by atoms with Crippen LogP contribution in [0.25, 0.3) is 22.3 Å². The van der Waals surface area contributed by atoms with Crippen LogP contribution in [0.5, 0.6) is 11.6 Å². The Morgan fingerprint density at radius 3 is 2.63 bits per heavy atom. The monoisotopic (exact) mass is 567 g/mol. The third-order valence-corrected chi connectivity index (χ3v) is 6.98. The number of piperidine rings is 1. The maximum absolute atomic E-state index is 13.2. The van der Waals surface area contributed by atoms with E-state index in [0.29, 0.717) is 46.5 Å². The summed E-state index contributed by atoms with van der Waals surface area (Å²) in [6.45, 7) is 7.03. The van der Waals surface area contributed by atoms with Crippen LogP contribution in [0.1, 0.15) is 38.7 Å². The summed E-state index contributed by atoms with van der Waals surface area (Å²) in [5.74, 6) is 1.06. The van der Waals surface area contributed by atoms with Crippen LogP contribution in [0.2, 0.25) is 0 Å². The second kappa shape index (κ2) is 11.7. The van der Waals surface area contributed by atoms with E-state index in [4.69, 9.17) is 10.5 Å². The van der Waals surface area contributed by atoms with Gasteiger partial charge < -0.3 is 20.8 Å². The summed E-state index contributed by atoms with van der Waals surface area (Å²) < 4.78 is 45.6. The van der Waals surface area contributed by atoms with Crippen molar-refractivity contribution in [3.63, 3.8) is 0 Å². The number of fused-ring (bicyclic) bond motifs is 1. The molecule has 1 unspecified atom stereocenters. The lowest BCUT2D eigenvalue weighted by Gasteiger charge is -2.36. The minimum Gasteiger partial charge on any atom is -0.436 e. The summed E-state index contributed by atoms with van der Waals surface area (Å²) in [4.78, 5) is 30.4. The zero-order valence-corrected chi connectivity index (χ0v) is 22.8. The molecular weight excluding hydrogens is 535 g/mol. The first kappa shape index (κ1) is 28.3. The second-order valence-corrected chi connectivity index (χ2v) is 10.6. The van der Waals surface area contributed by atoms with Gasteiger partial charge in [0.1, 0.15) is 5.52 Å². The quantitative estimate of drug-likeness (QED) is 0.248. The molecule has 0 aliphatic carbocycles. The maximum atomic E-state index is 13.2. The zero-order valence-electron chi connectivity index (χ0n) is 22.8. The Kier molecular flexibility index (Phi) is 8.11. The molecule has 0 amide bonds. The van der Waals surface area contributed by atoms with Crippen molar-refractivity contribution in [2.75, 3.05) is 30.7 Å². The van der Waals surface area contributed by atoms with Gasteiger partial charge in [-0.2, -0.15) is 18.2 Å². The van der Waals surface area contributed by atoms with Gasteiger partial charge in [0.2, 0.25) is 11.8 Å². The van der Waals surface area contributed by atoms with Crippen LogP contribution in [0.15, 0.2) is 53.3 Å². The Hall–Kier alpha value is -4.19. The van der Waals surface area contributed by atoms with E-state index < -0.39 is 17.3 Å². The number of anilines is 2. The lowest BCUT2D eigenvalue weighted by atomic mass is 10.0. The number of halogens is 3. The number of likely N-dealkylation sites (tertiary alicyclic amines) is 1. The van der Waals surface area contributed by atoms with Crippen LogP contribution < -0.4 is 21.3 Å². The SMILES string of the molecule is CC(C)CN1CCCCC1CNc1nc(Oc2cccc3[nH]c(=O)c(N)nc23)cc(-c2ccc(C(F)(F)F)cc2)n1. The molecule has 2 aromatic carbocycles. The second-order valence-electron chi connectivity index (χ2n) is 10.6. The van der Waals surface area contributed by atoms with Crippen molar-refractivity contribution >= 4 is 22.8 Å². The van der Waals surface area contributed by atoms with Crippen LogP contribution in [0, 0.1) is 5.92 Å². The molecule has 3 heterocycles. The fourth-order valence-electron chi connectivity index (χ4n) is 5.03. The van der Waals surface area contributed by atoms with Gasteiger partial charge in [-0.15, -0.1) is 0 Å². The summed E-state index contributed by atoms with van der Waals surface area (Å²) in [6.07, 6.45) is -1.10. The van der Waals surface area contributed by atoms with E-state index in [1.807, 2.05) is 0 Å². The van der Waals surface area contributed by atoms with Crippen molar-refractivity contribution in [3.05, 3.63) is 64.4 Å². The first-order valence-electron chi connectivity index (χ1n) is 13.6. The summed E-state index contributed by atoms with van der Waals surface area (Å²) >= 11 is 0. The van der Waals surface area contributed by atoms with E-state index in [1.165, 1.54) is 12.1 Å². The summed E-state index contributed by atoms with van der Waals surface area (Å²) in [7, 11) is 0. The maximum Gasteiger partial charge on any atom is 0.416 e. The molecule has 1 atom stereocenters. The number of aromatic nitrogens is 4. The number of aromatic amines is 1. The number of nitrogens with zero attached hydrogens (tertiary/aromatic N) is 4. The van der Waals surface area contributed by atoms with Crippen LogP contribution in [-0.2, 0) is 6.18 Å². The molecule has 4 aromatic rings. The molecule has 4 N–H and O–H groups in total. The van der Waals surface area contributed by atoms with Crippen LogP contribution in [0.4, 0.5) is 24.9 Å². The Bertz CT molecular complexity index is 1570. The number of nitrogens with two attached hydrogens (primary N) is 1. The molecule has 1 aliphatic heterocycles. The number of hydrogen-bond donors (Lipinski definition) is 3. The van der Waals surface area contributed by atoms with Crippen LogP contribution in [-0.4, -0.2) is 50.5 Å². The normalized spacial score (nSPS) is 16.3. The Balaban J connectivity index is 1.48. The van der Waals surface area contributed by atoms with E-state index in [-0.39, 0.29) is 17.6 Å². The van der Waals surface area contributed by atoms with Gasteiger partial charge in [0.25, 0.3) is 5.56 Å². The largest absolute Gasteiger partial charge is 0.436 e. The van der Waals surface area contributed by atoms with E-state index >= 15 is 0 Å². The first-order valence-corrected chi connectivity index (χ1v) is 13.6. The van der Waals surface area contributed by atoms with Crippen LogP contribution >= 0.6 is 0 Å². The lowest BCUT2D eigenvalue weighted by molar-refractivity contribution is -0.137. The fraction of sp³-hybridized carbons (Fsp3) is 0.379. The smallest absolute Gasteiger partial charge is 0.416 e. The Morgan fingerprint density at radius 1 is 1.12 bits per heavy atom. The van der Waals surface area contributed by atoms with Gasteiger partial charge in [0.15, 0.2) is 11.6 Å². The lowest BCUT2D eigenvalue weighted by Crippen LogP contribution is -2.45. The van der Waals surface area contributed by atoms with Crippen molar-refractivity contribution in [1.82, 2.24) is 24.8 Å². The number of H-pyrrole nitrogens is 1. The molecule has 1 aliphatic rings. The Morgan fingerprint density at radius 2 is 1.90 bits per heavy atom. The predicted octanol–water partition coefficient (Wildman–Crippen LogP) is 5.70. The molecule has 9 nitrogen and oxygen atoms in total. The Labute approximate surface area is 235 Å². The topological polar surface area (TPSA) is 122 Å². The zero-order chi connectivity index (χ0) is 29.1.